The summed E-state index contributed by atoms with van der Waals surface area (Å²) < 4.78 is 18.9. The number of halogens is 1. The van der Waals surface area contributed by atoms with Gasteiger partial charge in [0.2, 0.25) is 0 Å². The quantitative estimate of drug-likeness (QED) is 0.860. The average molecular weight is 218 g/mol. The number of benzene rings is 1. The van der Waals surface area contributed by atoms with Gasteiger partial charge < -0.3 is 10.5 Å². The Balaban J connectivity index is 2.22. The van der Waals surface area contributed by atoms with E-state index in [1.54, 1.807) is 30.5 Å². The van der Waals surface area contributed by atoms with Gasteiger partial charge in [-0.15, -0.1) is 0 Å². The topological polar surface area (TPSA) is 48.1 Å². The van der Waals surface area contributed by atoms with Crippen molar-refractivity contribution in [1.29, 1.82) is 0 Å². The van der Waals surface area contributed by atoms with Crippen LogP contribution in [0, 0.1) is 5.82 Å². The van der Waals surface area contributed by atoms with Gasteiger partial charge >= 0.3 is 0 Å². The molecule has 4 heteroatoms. The van der Waals surface area contributed by atoms with Crippen LogP contribution in [0.2, 0.25) is 0 Å². The summed E-state index contributed by atoms with van der Waals surface area (Å²) in [5, 5.41) is 0. The smallest absolute Gasteiger partial charge is 0.166 e. The standard InChI is InChI=1S/C12H11FN2O/c13-11-6-9(7-14)3-4-12(11)16-10-2-1-5-15-8-10/h1-6,8H,7,14H2. The molecule has 0 amide bonds. The van der Waals surface area contributed by atoms with Crippen LogP contribution in [0.25, 0.3) is 0 Å². The predicted molar refractivity (Wildman–Crippen MR) is 58.6 cm³/mol. The Hall–Kier alpha value is -1.94. The first-order valence-corrected chi connectivity index (χ1v) is 4.86. The van der Waals surface area contributed by atoms with E-state index in [2.05, 4.69) is 4.98 Å². The summed E-state index contributed by atoms with van der Waals surface area (Å²) in [6.07, 6.45) is 3.15. The second-order valence-corrected chi connectivity index (χ2v) is 3.26. The zero-order valence-corrected chi connectivity index (χ0v) is 8.56. The summed E-state index contributed by atoms with van der Waals surface area (Å²) in [6.45, 7) is 0.310. The van der Waals surface area contributed by atoms with Crippen molar-refractivity contribution in [2.45, 2.75) is 6.54 Å². The van der Waals surface area contributed by atoms with E-state index in [1.807, 2.05) is 0 Å². The van der Waals surface area contributed by atoms with Crippen LogP contribution in [-0.4, -0.2) is 4.98 Å². The molecule has 1 aromatic heterocycles. The Bertz CT molecular complexity index is 474. The minimum absolute atomic E-state index is 0.171. The van der Waals surface area contributed by atoms with Gasteiger partial charge in [-0.25, -0.2) is 4.39 Å². The highest BCUT2D eigenvalue weighted by molar-refractivity contribution is 5.33. The molecular formula is C12H11FN2O. The second-order valence-electron chi connectivity index (χ2n) is 3.26. The van der Waals surface area contributed by atoms with Crippen molar-refractivity contribution in [1.82, 2.24) is 4.98 Å². The third kappa shape index (κ3) is 2.35. The van der Waals surface area contributed by atoms with Gasteiger partial charge in [0.05, 0.1) is 6.20 Å². The molecule has 0 atom stereocenters. The normalized spacial score (nSPS) is 10.1. The van der Waals surface area contributed by atoms with E-state index in [-0.39, 0.29) is 5.75 Å². The van der Waals surface area contributed by atoms with Gasteiger partial charge in [-0.3, -0.25) is 4.98 Å². The molecular weight excluding hydrogens is 207 g/mol. The molecule has 82 valence electrons. The molecule has 0 aliphatic heterocycles. The second kappa shape index (κ2) is 4.72. The Kier molecular flexibility index (Phi) is 3.12. The highest BCUT2D eigenvalue weighted by Crippen LogP contribution is 2.24. The molecule has 2 aromatic rings. The SMILES string of the molecule is NCc1ccc(Oc2cccnc2)c(F)c1. The van der Waals surface area contributed by atoms with Crippen LogP contribution in [0.1, 0.15) is 5.56 Å². The fourth-order valence-electron chi connectivity index (χ4n) is 1.29. The number of ether oxygens (including phenoxy) is 1. The van der Waals surface area contributed by atoms with Gasteiger partial charge in [-0.2, -0.15) is 0 Å². The number of rotatable bonds is 3. The molecule has 1 aromatic carbocycles. The summed E-state index contributed by atoms with van der Waals surface area (Å²) in [7, 11) is 0. The Morgan fingerprint density at radius 2 is 2.19 bits per heavy atom. The highest BCUT2D eigenvalue weighted by Gasteiger charge is 2.05. The average Bonchev–Trinajstić information content (AvgIpc) is 2.33. The van der Waals surface area contributed by atoms with E-state index in [0.717, 1.165) is 5.56 Å². The van der Waals surface area contributed by atoms with Gasteiger partial charge in [-0.1, -0.05) is 6.07 Å². The minimum atomic E-state index is -0.424. The van der Waals surface area contributed by atoms with Crippen LogP contribution in [0.3, 0.4) is 0 Å². The maximum atomic E-state index is 13.5. The molecule has 0 spiro atoms. The lowest BCUT2D eigenvalue weighted by molar-refractivity contribution is 0.440. The third-order valence-corrected chi connectivity index (χ3v) is 2.09. The molecule has 0 aliphatic carbocycles. The molecule has 1 heterocycles. The van der Waals surface area contributed by atoms with E-state index in [4.69, 9.17) is 10.5 Å². The van der Waals surface area contributed by atoms with Gasteiger partial charge in [0, 0.05) is 12.7 Å². The molecule has 0 saturated heterocycles. The lowest BCUT2D eigenvalue weighted by Gasteiger charge is -2.06. The van der Waals surface area contributed by atoms with Crippen LogP contribution < -0.4 is 10.5 Å². The van der Waals surface area contributed by atoms with Crippen molar-refractivity contribution in [2.75, 3.05) is 0 Å². The van der Waals surface area contributed by atoms with E-state index in [9.17, 15) is 4.39 Å². The van der Waals surface area contributed by atoms with Crippen molar-refractivity contribution in [2.24, 2.45) is 5.73 Å². The van der Waals surface area contributed by atoms with Crippen molar-refractivity contribution >= 4 is 0 Å². The molecule has 2 rings (SSSR count). The molecule has 0 radical (unpaired) electrons. The first-order chi connectivity index (χ1) is 7.79. The number of hydrogen-bond acceptors (Lipinski definition) is 3. The number of hydrogen-bond donors (Lipinski definition) is 1. The van der Waals surface area contributed by atoms with Gasteiger partial charge in [-0.05, 0) is 29.8 Å². The van der Waals surface area contributed by atoms with Crippen molar-refractivity contribution in [3.63, 3.8) is 0 Å². The summed E-state index contributed by atoms with van der Waals surface area (Å²) >= 11 is 0. The minimum Gasteiger partial charge on any atom is -0.453 e. The van der Waals surface area contributed by atoms with Crippen molar-refractivity contribution in [3.8, 4) is 11.5 Å². The van der Waals surface area contributed by atoms with Crippen molar-refractivity contribution in [3.05, 3.63) is 54.1 Å². The van der Waals surface area contributed by atoms with Crippen LogP contribution in [0.4, 0.5) is 4.39 Å². The van der Waals surface area contributed by atoms with Crippen molar-refractivity contribution < 1.29 is 9.13 Å². The zero-order valence-electron chi connectivity index (χ0n) is 8.56. The third-order valence-electron chi connectivity index (χ3n) is 2.09. The first-order valence-electron chi connectivity index (χ1n) is 4.86. The monoisotopic (exact) mass is 218 g/mol. The molecule has 16 heavy (non-hydrogen) atoms. The van der Waals surface area contributed by atoms with Gasteiger partial charge in [0.15, 0.2) is 11.6 Å². The number of pyridine rings is 1. The van der Waals surface area contributed by atoms with E-state index < -0.39 is 5.82 Å². The molecule has 0 aliphatic rings. The summed E-state index contributed by atoms with van der Waals surface area (Å²) in [5.74, 6) is 0.249. The molecule has 3 nitrogen and oxygen atoms in total. The number of nitrogens with zero attached hydrogens (tertiary/aromatic N) is 1. The van der Waals surface area contributed by atoms with Crippen LogP contribution in [0.15, 0.2) is 42.7 Å². The molecule has 0 fully saturated rings. The maximum absolute atomic E-state index is 13.5. The Morgan fingerprint density at radius 1 is 1.31 bits per heavy atom. The van der Waals surface area contributed by atoms with Gasteiger partial charge in [0.1, 0.15) is 5.75 Å². The largest absolute Gasteiger partial charge is 0.453 e. The zero-order chi connectivity index (χ0) is 11.4. The summed E-state index contributed by atoms with van der Waals surface area (Å²) in [6, 6.07) is 8.09. The lowest BCUT2D eigenvalue weighted by atomic mass is 10.2. The maximum Gasteiger partial charge on any atom is 0.166 e. The van der Waals surface area contributed by atoms with E-state index in [0.29, 0.717) is 12.3 Å². The Labute approximate surface area is 92.7 Å². The number of aromatic nitrogens is 1. The fraction of sp³-hybridized carbons (Fsp3) is 0.0833. The fourth-order valence-corrected chi connectivity index (χ4v) is 1.29. The molecule has 0 bridgehead atoms. The molecule has 2 N–H and O–H groups in total. The lowest BCUT2D eigenvalue weighted by Crippen LogP contribution is -1.97. The van der Waals surface area contributed by atoms with E-state index >= 15 is 0 Å². The summed E-state index contributed by atoms with van der Waals surface area (Å²) in [4.78, 5) is 3.88. The Morgan fingerprint density at radius 3 is 2.81 bits per heavy atom. The van der Waals surface area contributed by atoms with Gasteiger partial charge in [0.25, 0.3) is 0 Å². The van der Waals surface area contributed by atoms with E-state index in [1.165, 1.54) is 12.3 Å². The van der Waals surface area contributed by atoms with Crippen LogP contribution in [-0.2, 0) is 6.54 Å². The highest BCUT2D eigenvalue weighted by atomic mass is 19.1. The summed E-state index contributed by atoms with van der Waals surface area (Å²) in [5.41, 5.74) is 6.14. The van der Waals surface area contributed by atoms with Crippen LogP contribution in [0.5, 0.6) is 11.5 Å². The predicted octanol–water partition coefficient (Wildman–Crippen LogP) is 2.47. The first kappa shape index (κ1) is 10.6. The van der Waals surface area contributed by atoms with Crippen LogP contribution >= 0.6 is 0 Å². The molecule has 0 saturated carbocycles. The number of nitrogens with two attached hydrogens (primary N) is 1. The molecule has 0 unspecified atom stereocenters.